The Balaban J connectivity index is 1.90. The van der Waals surface area contributed by atoms with Crippen LogP contribution in [0.3, 0.4) is 0 Å². The van der Waals surface area contributed by atoms with Crippen LogP contribution in [0.25, 0.3) is 11.3 Å². The number of aryl methyl sites for hydroxylation is 1. The van der Waals surface area contributed by atoms with Gasteiger partial charge in [0.15, 0.2) is 0 Å². The first-order valence-electron chi connectivity index (χ1n) is 6.17. The fraction of sp³-hybridized carbons (Fsp3) is 0.357. The van der Waals surface area contributed by atoms with Gasteiger partial charge in [-0.25, -0.2) is 0 Å². The van der Waals surface area contributed by atoms with Crippen molar-refractivity contribution in [3.8, 4) is 11.3 Å². The highest BCUT2D eigenvalue weighted by Gasteiger charge is 2.40. The van der Waals surface area contributed by atoms with Gasteiger partial charge in [-0.3, -0.25) is 4.68 Å². The third kappa shape index (κ3) is 2.11. The van der Waals surface area contributed by atoms with Crippen molar-refractivity contribution in [3.63, 3.8) is 0 Å². The molecule has 0 aliphatic heterocycles. The molecule has 1 aliphatic rings. The summed E-state index contributed by atoms with van der Waals surface area (Å²) in [5.74, 6) is 0.649. The molecule has 0 spiro atoms. The molecule has 0 amide bonds. The molecule has 0 unspecified atom stereocenters. The minimum Gasteiger partial charge on any atom is -0.390 e. The predicted octanol–water partition coefficient (Wildman–Crippen LogP) is 1.74. The molecule has 4 nitrogen and oxygen atoms in total. The molecule has 4 heteroatoms. The first kappa shape index (κ1) is 11.3. The van der Waals surface area contributed by atoms with Crippen molar-refractivity contribution in [2.75, 3.05) is 5.73 Å². The van der Waals surface area contributed by atoms with Crippen LogP contribution < -0.4 is 5.73 Å². The molecule has 0 saturated heterocycles. The lowest BCUT2D eigenvalue weighted by molar-refractivity contribution is 0.151. The fourth-order valence-electron chi connectivity index (χ4n) is 2.16. The van der Waals surface area contributed by atoms with Crippen LogP contribution in [0.5, 0.6) is 0 Å². The van der Waals surface area contributed by atoms with Gasteiger partial charge in [-0.15, -0.1) is 0 Å². The monoisotopic (exact) mass is 243 g/mol. The number of nitrogen functional groups attached to an aromatic ring is 1. The number of nitrogens with zero attached hydrogens (tertiary/aromatic N) is 2. The summed E-state index contributed by atoms with van der Waals surface area (Å²) in [7, 11) is 1.83. The van der Waals surface area contributed by atoms with Crippen LogP contribution in [0.1, 0.15) is 18.4 Å². The predicted molar refractivity (Wildman–Crippen MR) is 70.9 cm³/mol. The van der Waals surface area contributed by atoms with E-state index in [0.29, 0.717) is 5.82 Å². The number of anilines is 1. The average molecular weight is 243 g/mol. The molecule has 94 valence electrons. The van der Waals surface area contributed by atoms with Gasteiger partial charge in [-0.1, -0.05) is 18.2 Å². The number of aliphatic hydroxyl groups is 1. The summed E-state index contributed by atoms with van der Waals surface area (Å²) in [6.45, 7) is 0. The van der Waals surface area contributed by atoms with E-state index in [-0.39, 0.29) is 0 Å². The fourth-order valence-corrected chi connectivity index (χ4v) is 2.16. The number of rotatable bonds is 3. The molecule has 1 saturated carbocycles. The van der Waals surface area contributed by atoms with Crippen molar-refractivity contribution in [1.82, 2.24) is 9.78 Å². The Morgan fingerprint density at radius 3 is 2.78 bits per heavy atom. The second kappa shape index (κ2) is 3.85. The largest absolute Gasteiger partial charge is 0.390 e. The van der Waals surface area contributed by atoms with Crippen molar-refractivity contribution in [2.24, 2.45) is 7.05 Å². The van der Waals surface area contributed by atoms with E-state index in [9.17, 15) is 5.11 Å². The van der Waals surface area contributed by atoms with Gasteiger partial charge in [0.1, 0.15) is 5.82 Å². The minimum atomic E-state index is -0.457. The number of hydrogen-bond donors (Lipinski definition) is 2. The quantitative estimate of drug-likeness (QED) is 0.863. The molecule has 3 rings (SSSR count). The zero-order valence-corrected chi connectivity index (χ0v) is 10.4. The van der Waals surface area contributed by atoms with E-state index in [1.54, 1.807) is 4.68 Å². The van der Waals surface area contributed by atoms with Crippen LogP contribution >= 0.6 is 0 Å². The number of hydrogen-bond acceptors (Lipinski definition) is 3. The minimum absolute atomic E-state index is 0.457. The van der Waals surface area contributed by atoms with Gasteiger partial charge in [-0.2, -0.15) is 5.10 Å². The normalized spacial score (nSPS) is 16.8. The van der Waals surface area contributed by atoms with Gasteiger partial charge in [0.2, 0.25) is 0 Å². The van der Waals surface area contributed by atoms with E-state index >= 15 is 0 Å². The van der Waals surface area contributed by atoms with Gasteiger partial charge in [-0.05, 0) is 24.5 Å². The van der Waals surface area contributed by atoms with Gasteiger partial charge in [0.05, 0.1) is 11.3 Å². The van der Waals surface area contributed by atoms with Crippen molar-refractivity contribution in [3.05, 3.63) is 35.9 Å². The summed E-state index contributed by atoms with van der Waals surface area (Å²) in [4.78, 5) is 0. The maximum absolute atomic E-state index is 9.95. The highest BCUT2D eigenvalue weighted by atomic mass is 16.3. The zero-order chi connectivity index (χ0) is 12.8. The number of benzene rings is 1. The van der Waals surface area contributed by atoms with Gasteiger partial charge in [0.25, 0.3) is 0 Å². The Bertz CT molecular complexity index is 565. The highest BCUT2D eigenvalue weighted by Crippen LogP contribution is 2.38. The summed E-state index contributed by atoms with van der Waals surface area (Å²) >= 11 is 0. The lowest BCUT2D eigenvalue weighted by atomic mass is 10.0. The van der Waals surface area contributed by atoms with E-state index in [1.165, 1.54) is 0 Å². The number of aromatic nitrogens is 2. The molecule has 1 aromatic heterocycles. The number of nitrogens with two attached hydrogens (primary N) is 1. The van der Waals surface area contributed by atoms with Crippen LogP contribution in [0, 0.1) is 0 Å². The van der Waals surface area contributed by atoms with Crippen molar-refractivity contribution in [2.45, 2.75) is 24.9 Å². The molecular weight excluding hydrogens is 226 g/mol. The Labute approximate surface area is 106 Å². The molecule has 0 atom stereocenters. The van der Waals surface area contributed by atoms with Crippen molar-refractivity contribution < 1.29 is 5.11 Å². The Morgan fingerprint density at radius 2 is 2.17 bits per heavy atom. The van der Waals surface area contributed by atoms with Crippen LogP contribution in [-0.4, -0.2) is 20.5 Å². The first-order chi connectivity index (χ1) is 8.56. The lowest BCUT2D eigenvalue weighted by Gasteiger charge is -2.08. The highest BCUT2D eigenvalue weighted by molar-refractivity contribution is 5.63. The van der Waals surface area contributed by atoms with Crippen molar-refractivity contribution in [1.29, 1.82) is 0 Å². The van der Waals surface area contributed by atoms with E-state index in [4.69, 9.17) is 5.73 Å². The smallest absolute Gasteiger partial charge is 0.121 e. The Hall–Kier alpha value is -1.81. The molecule has 1 aromatic carbocycles. The molecule has 1 heterocycles. The second-order valence-corrected chi connectivity index (χ2v) is 5.18. The molecule has 0 bridgehead atoms. The van der Waals surface area contributed by atoms with E-state index < -0.39 is 5.60 Å². The second-order valence-electron chi connectivity index (χ2n) is 5.18. The van der Waals surface area contributed by atoms with Gasteiger partial charge in [0, 0.05) is 25.1 Å². The molecule has 3 N–H and O–H groups in total. The SMILES string of the molecule is Cn1nc(-c2cccc(CC3(O)CC3)c2)cc1N. The van der Waals surface area contributed by atoms with Crippen LogP contribution in [0.4, 0.5) is 5.82 Å². The van der Waals surface area contributed by atoms with E-state index in [0.717, 1.165) is 36.1 Å². The lowest BCUT2D eigenvalue weighted by Crippen LogP contribution is -2.10. The molecule has 1 aliphatic carbocycles. The molecule has 1 fully saturated rings. The molecule has 2 aromatic rings. The van der Waals surface area contributed by atoms with Gasteiger partial charge >= 0.3 is 0 Å². The van der Waals surface area contributed by atoms with Crippen LogP contribution in [0.15, 0.2) is 30.3 Å². The molecule has 0 radical (unpaired) electrons. The van der Waals surface area contributed by atoms with E-state index in [1.807, 2.05) is 31.3 Å². The average Bonchev–Trinajstić information content (AvgIpc) is 2.95. The maximum Gasteiger partial charge on any atom is 0.121 e. The Kier molecular flexibility index (Phi) is 2.41. The summed E-state index contributed by atoms with van der Waals surface area (Å²) in [6.07, 6.45) is 2.55. The summed E-state index contributed by atoms with van der Waals surface area (Å²) < 4.78 is 1.66. The zero-order valence-electron chi connectivity index (χ0n) is 10.4. The van der Waals surface area contributed by atoms with Crippen molar-refractivity contribution >= 4 is 5.82 Å². The van der Waals surface area contributed by atoms with Gasteiger partial charge < -0.3 is 10.8 Å². The first-order valence-corrected chi connectivity index (χ1v) is 6.17. The summed E-state index contributed by atoms with van der Waals surface area (Å²) in [5, 5.41) is 14.3. The van der Waals surface area contributed by atoms with E-state index in [2.05, 4.69) is 11.2 Å². The van der Waals surface area contributed by atoms with Crippen LogP contribution in [-0.2, 0) is 13.5 Å². The Morgan fingerprint density at radius 1 is 1.39 bits per heavy atom. The topological polar surface area (TPSA) is 64.1 Å². The third-order valence-electron chi connectivity index (χ3n) is 3.50. The standard InChI is InChI=1S/C14H17N3O/c1-17-13(15)8-12(16-17)11-4-2-3-10(7-11)9-14(18)5-6-14/h2-4,7-8,18H,5-6,9,15H2,1H3. The third-order valence-corrected chi connectivity index (χ3v) is 3.50. The summed E-state index contributed by atoms with van der Waals surface area (Å²) in [6, 6.07) is 10.0. The molecule has 18 heavy (non-hydrogen) atoms. The van der Waals surface area contributed by atoms with Crippen LogP contribution in [0.2, 0.25) is 0 Å². The molecular formula is C14H17N3O. The maximum atomic E-state index is 9.95. The summed E-state index contributed by atoms with van der Waals surface area (Å²) in [5.41, 5.74) is 8.40.